The van der Waals surface area contributed by atoms with Crippen LogP contribution in [0.1, 0.15) is 37.9 Å². The number of ether oxygens (including phenoxy) is 1. The van der Waals surface area contributed by atoms with Gasteiger partial charge in [-0.2, -0.15) is 4.98 Å². The normalized spacial score (nSPS) is 10.6. The fourth-order valence-corrected chi connectivity index (χ4v) is 1.35. The van der Waals surface area contributed by atoms with Gasteiger partial charge >= 0.3 is 5.97 Å². The molecule has 17 heavy (non-hydrogen) atoms. The topological polar surface area (TPSA) is 85.5 Å². The lowest BCUT2D eigenvalue weighted by molar-refractivity contribution is -0.137. The second kappa shape index (κ2) is 7.78. The lowest BCUT2D eigenvalue weighted by Gasteiger charge is -1.95. The van der Waals surface area contributed by atoms with Crippen LogP contribution in [0.2, 0.25) is 0 Å². The third-order valence-electron chi connectivity index (χ3n) is 2.22. The minimum Gasteiger partial charge on any atom is -0.481 e. The SMILES string of the molecule is CCOCCc1noc(CCCCC(=O)O)n1. The van der Waals surface area contributed by atoms with Gasteiger partial charge in [-0.25, -0.2) is 0 Å². The minimum absolute atomic E-state index is 0.186. The lowest BCUT2D eigenvalue weighted by Crippen LogP contribution is -1.99. The third kappa shape index (κ3) is 6.01. The molecule has 1 N–H and O–H groups in total. The van der Waals surface area contributed by atoms with Gasteiger partial charge in [0.15, 0.2) is 5.82 Å². The molecule has 0 saturated carbocycles. The Morgan fingerprint density at radius 2 is 2.24 bits per heavy atom. The van der Waals surface area contributed by atoms with Crippen molar-refractivity contribution in [2.24, 2.45) is 0 Å². The standard InChI is InChI=1S/C11H18N2O4/c1-2-16-8-7-9-12-10(17-13-9)5-3-4-6-11(14)15/h2-8H2,1H3,(H,14,15). The van der Waals surface area contributed by atoms with Crippen LogP contribution in [-0.4, -0.2) is 34.4 Å². The fourth-order valence-electron chi connectivity index (χ4n) is 1.35. The average molecular weight is 242 g/mol. The predicted molar refractivity (Wildman–Crippen MR) is 59.7 cm³/mol. The lowest BCUT2D eigenvalue weighted by atomic mass is 10.2. The summed E-state index contributed by atoms with van der Waals surface area (Å²) in [5, 5.41) is 12.3. The van der Waals surface area contributed by atoms with Crippen LogP contribution >= 0.6 is 0 Å². The molecule has 0 saturated heterocycles. The molecule has 1 rings (SSSR count). The van der Waals surface area contributed by atoms with E-state index in [0.717, 1.165) is 6.42 Å². The summed E-state index contributed by atoms with van der Waals surface area (Å²) < 4.78 is 10.2. The minimum atomic E-state index is -0.770. The van der Waals surface area contributed by atoms with Crippen LogP contribution in [0.4, 0.5) is 0 Å². The van der Waals surface area contributed by atoms with Gasteiger partial charge in [0.2, 0.25) is 5.89 Å². The van der Waals surface area contributed by atoms with E-state index in [1.165, 1.54) is 0 Å². The Hall–Kier alpha value is -1.43. The van der Waals surface area contributed by atoms with Gasteiger partial charge in [0, 0.05) is 25.9 Å². The Balaban J connectivity index is 2.18. The van der Waals surface area contributed by atoms with E-state index in [4.69, 9.17) is 14.4 Å². The molecule has 0 aliphatic carbocycles. The van der Waals surface area contributed by atoms with Crippen molar-refractivity contribution in [2.45, 2.75) is 39.0 Å². The van der Waals surface area contributed by atoms with E-state index in [2.05, 4.69) is 10.1 Å². The maximum atomic E-state index is 10.3. The van der Waals surface area contributed by atoms with Crippen molar-refractivity contribution in [1.82, 2.24) is 10.1 Å². The third-order valence-corrected chi connectivity index (χ3v) is 2.22. The van der Waals surface area contributed by atoms with Crippen molar-refractivity contribution < 1.29 is 19.2 Å². The van der Waals surface area contributed by atoms with Gasteiger partial charge in [-0.15, -0.1) is 0 Å². The summed E-state index contributed by atoms with van der Waals surface area (Å²) in [5.74, 6) is 0.446. The highest BCUT2D eigenvalue weighted by Crippen LogP contribution is 2.05. The van der Waals surface area contributed by atoms with Crippen LogP contribution in [0, 0.1) is 0 Å². The van der Waals surface area contributed by atoms with E-state index >= 15 is 0 Å². The number of unbranched alkanes of at least 4 members (excludes halogenated alkanes) is 1. The highest BCUT2D eigenvalue weighted by atomic mass is 16.5. The molecule has 1 heterocycles. The number of hydrogen-bond acceptors (Lipinski definition) is 5. The molecule has 0 fully saturated rings. The summed E-state index contributed by atoms with van der Waals surface area (Å²) in [5.41, 5.74) is 0. The Kier molecular flexibility index (Phi) is 6.24. The first kappa shape index (κ1) is 13.6. The van der Waals surface area contributed by atoms with Crippen LogP contribution < -0.4 is 0 Å². The second-order valence-electron chi connectivity index (χ2n) is 3.65. The molecule has 0 bridgehead atoms. The summed E-state index contributed by atoms with van der Waals surface area (Å²) in [6.07, 6.45) is 2.85. The average Bonchev–Trinajstić information content (AvgIpc) is 2.73. The van der Waals surface area contributed by atoms with E-state index in [0.29, 0.717) is 44.2 Å². The van der Waals surface area contributed by atoms with Crippen LogP contribution in [0.25, 0.3) is 0 Å². The van der Waals surface area contributed by atoms with Crippen LogP contribution in [0.15, 0.2) is 4.52 Å². The smallest absolute Gasteiger partial charge is 0.303 e. The first-order chi connectivity index (χ1) is 8.22. The zero-order valence-electron chi connectivity index (χ0n) is 10.0. The number of carboxylic acids is 1. The number of rotatable bonds is 9. The van der Waals surface area contributed by atoms with E-state index in [-0.39, 0.29) is 6.42 Å². The van der Waals surface area contributed by atoms with Gasteiger partial charge in [0.1, 0.15) is 0 Å². The molecule has 6 nitrogen and oxygen atoms in total. The zero-order valence-corrected chi connectivity index (χ0v) is 10.0. The van der Waals surface area contributed by atoms with Crippen LogP contribution in [0.3, 0.4) is 0 Å². The quantitative estimate of drug-likeness (QED) is 0.659. The molecule has 0 aliphatic rings. The molecule has 0 unspecified atom stereocenters. The summed E-state index contributed by atoms with van der Waals surface area (Å²) in [6.45, 7) is 3.21. The molecule has 6 heteroatoms. The molecular formula is C11H18N2O4. The highest BCUT2D eigenvalue weighted by molar-refractivity contribution is 5.66. The monoisotopic (exact) mass is 242 g/mol. The molecule has 0 radical (unpaired) electrons. The number of aromatic nitrogens is 2. The molecule has 1 aromatic heterocycles. The summed E-state index contributed by atoms with van der Waals surface area (Å²) in [6, 6.07) is 0. The van der Waals surface area contributed by atoms with Crippen LogP contribution in [-0.2, 0) is 22.4 Å². The van der Waals surface area contributed by atoms with Crippen molar-refractivity contribution in [3.63, 3.8) is 0 Å². The molecule has 1 aromatic rings. The maximum absolute atomic E-state index is 10.3. The Bertz CT molecular complexity index is 338. The van der Waals surface area contributed by atoms with E-state index in [1.54, 1.807) is 0 Å². The summed E-state index contributed by atoms with van der Waals surface area (Å²) in [4.78, 5) is 14.5. The van der Waals surface area contributed by atoms with Crippen LogP contribution in [0.5, 0.6) is 0 Å². The Morgan fingerprint density at radius 1 is 1.41 bits per heavy atom. The maximum Gasteiger partial charge on any atom is 0.303 e. The number of nitrogens with zero attached hydrogens (tertiary/aromatic N) is 2. The van der Waals surface area contributed by atoms with Crippen molar-refractivity contribution in [2.75, 3.05) is 13.2 Å². The van der Waals surface area contributed by atoms with E-state index < -0.39 is 5.97 Å². The van der Waals surface area contributed by atoms with Gasteiger partial charge in [-0.05, 0) is 19.8 Å². The molecule has 96 valence electrons. The number of aryl methyl sites for hydroxylation is 1. The molecule has 0 aliphatic heterocycles. The van der Waals surface area contributed by atoms with Crippen molar-refractivity contribution in [3.8, 4) is 0 Å². The highest BCUT2D eigenvalue weighted by Gasteiger charge is 2.06. The molecule has 0 atom stereocenters. The number of aliphatic carboxylic acids is 1. The summed E-state index contributed by atoms with van der Waals surface area (Å²) in [7, 11) is 0. The number of carbonyl (C=O) groups is 1. The Morgan fingerprint density at radius 3 is 2.94 bits per heavy atom. The fraction of sp³-hybridized carbons (Fsp3) is 0.727. The van der Waals surface area contributed by atoms with Crippen molar-refractivity contribution in [3.05, 3.63) is 11.7 Å². The van der Waals surface area contributed by atoms with Gasteiger partial charge in [-0.1, -0.05) is 5.16 Å². The summed E-state index contributed by atoms with van der Waals surface area (Å²) >= 11 is 0. The Labute approximate surface area is 100.0 Å². The van der Waals surface area contributed by atoms with E-state index in [9.17, 15) is 4.79 Å². The molecule has 0 spiro atoms. The largest absolute Gasteiger partial charge is 0.481 e. The molecule has 0 aromatic carbocycles. The van der Waals surface area contributed by atoms with Gasteiger partial charge in [0.05, 0.1) is 6.61 Å². The predicted octanol–water partition coefficient (Wildman–Crippen LogP) is 1.45. The molecular weight excluding hydrogens is 224 g/mol. The second-order valence-corrected chi connectivity index (χ2v) is 3.65. The first-order valence-electron chi connectivity index (χ1n) is 5.83. The van der Waals surface area contributed by atoms with Gasteiger partial charge in [-0.3, -0.25) is 4.79 Å². The van der Waals surface area contributed by atoms with Crippen molar-refractivity contribution >= 4 is 5.97 Å². The van der Waals surface area contributed by atoms with Gasteiger partial charge in [0.25, 0.3) is 0 Å². The first-order valence-corrected chi connectivity index (χ1v) is 5.83. The zero-order chi connectivity index (χ0) is 12.5. The van der Waals surface area contributed by atoms with Crippen molar-refractivity contribution in [1.29, 1.82) is 0 Å². The van der Waals surface area contributed by atoms with Gasteiger partial charge < -0.3 is 14.4 Å². The molecule has 0 amide bonds. The van der Waals surface area contributed by atoms with E-state index in [1.807, 2.05) is 6.92 Å². The number of hydrogen-bond donors (Lipinski definition) is 1. The number of carboxylic acid groups (broad SMARTS) is 1.